The molecule has 2 nitrogen and oxygen atoms in total. The summed E-state index contributed by atoms with van der Waals surface area (Å²) in [5.41, 5.74) is 11.0. The fraction of sp³-hybridized carbons (Fsp3) is 1.00. The Morgan fingerprint density at radius 2 is 1.90 bits per heavy atom. The molecule has 0 saturated carbocycles. The van der Waals surface area contributed by atoms with Crippen molar-refractivity contribution in [1.82, 2.24) is 0 Å². The molecule has 3 heteroatoms. The molecule has 0 amide bonds. The second-order valence-corrected chi connectivity index (χ2v) is 3.20. The van der Waals surface area contributed by atoms with Crippen LogP contribution in [0.3, 0.4) is 0 Å². The highest BCUT2D eigenvalue weighted by Gasteiger charge is 1.97. The predicted octanol–water partition coefficient (Wildman–Crippen LogP) is 1.23. The molecule has 62 valence electrons. The summed E-state index contributed by atoms with van der Waals surface area (Å²) in [6.07, 6.45) is 4.68. The molecule has 4 N–H and O–H groups in total. The molecule has 0 bridgehead atoms. The normalized spacial score (nSPS) is 13.5. The maximum Gasteiger partial charge on any atom is 0.0183 e. The predicted molar refractivity (Wildman–Crippen MR) is 49.3 cm³/mol. The Bertz CT molecular complexity index is 68.6. The first kappa shape index (κ1) is 10.4. The summed E-state index contributed by atoms with van der Waals surface area (Å²) in [5.74, 6) is 0. The quantitative estimate of drug-likeness (QED) is 0.510. The summed E-state index contributed by atoms with van der Waals surface area (Å²) in [6, 6.07) is 0.331. The lowest BCUT2D eigenvalue weighted by molar-refractivity contribution is 0.589. The van der Waals surface area contributed by atoms with Gasteiger partial charge in [-0.15, -0.1) is 0 Å². The van der Waals surface area contributed by atoms with Crippen LogP contribution in [0, 0.1) is 0 Å². The van der Waals surface area contributed by atoms with E-state index >= 15 is 0 Å². The Hall–Kier alpha value is 0.400. The molecule has 0 aromatic carbocycles. The van der Waals surface area contributed by atoms with E-state index in [-0.39, 0.29) is 0 Å². The number of unbranched alkanes of at least 4 members (excludes halogenated alkanes) is 2. The topological polar surface area (TPSA) is 52.0 Å². The molecule has 0 heterocycles. The molecule has 0 saturated heterocycles. The number of alkyl halides is 1. The zero-order valence-corrected chi connectivity index (χ0v) is 7.94. The molecular weight excluding hydrogens is 192 g/mol. The number of rotatable bonds is 6. The van der Waals surface area contributed by atoms with Gasteiger partial charge in [-0.25, -0.2) is 0 Å². The third-order valence-corrected chi connectivity index (χ3v) is 2.31. The van der Waals surface area contributed by atoms with Gasteiger partial charge in [0.1, 0.15) is 0 Å². The zero-order chi connectivity index (χ0) is 7.82. The van der Waals surface area contributed by atoms with Gasteiger partial charge in [-0.05, 0) is 19.4 Å². The lowest BCUT2D eigenvalue weighted by atomic mass is 10.1. The first-order chi connectivity index (χ1) is 4.81. The van der Waals surface area contributed by atoms with Crippen molar-refractivity contribution in [1.29, 1.82) is 0 Å². The number of nitrogens with two attached hydrogens (primary N) is 2. The highest BCUT2D eigenvalue weighted by molar-refractivity contribution is 9.09. The van der Waals surface area contributed by atoms with Crippen LogP contribution in [0.1, 0.15) is 25.7 Å². The minimum Gasteiger partial charge on any atom is -0.330 e. The van der Waals surface area contributed by atoms with Crippen molar-refractivity contribution >= 4 is 15.9 Å². The molecule has 0 aliphatic carbocycles. The van der Waals surface area contributed by atoms with Gasteiger partial charge in [-0.3, -0.25) is 0 Å². The standard InChI is InChI=1S/C7H17BrN2/c8-6-7(10)4-2-1-3-5-9/h7H,1-6,9-10H2. The minimum atomic E-state index is 0.331. The van der Waals surface area contributed by atoms with Crippen molar-refractivity contribution in [3.63, 3.8) is 0 Å². The van der Waals surface area contributed by atoms with E-state index in [0.717, 1.165) is 24.7 Å². The Labute approximate surface area is 71.5 Å². The van der Waals surface area contributed by atoms with E-state index in [1.54, 1.807) is 0 Å². The van der Waals surface area contributed by atoms with Crippen LogP contribution in [-0.4, -0.2) is 17.9 Å². The first-order valence-corrected chi connectivity index (χ1v) is 4.95. The maximum atomic E-state index is 5.68. The van der Waals surface area contributed by atoms with Crippen LogP contribution in [0.15, 0.2) is 0 Å². The largest absolute Gasteiger partial charge is 0.330 e. The fourth-order valence-corrected chi connectivity index (χ4v) is 1.13. The van der Waals surface area contributed by atoms with Crippen LogP contribution in [0.2, 0.25) is 0 Å². The third kappa shape index (κ3) is 6.52. The number of halogens is 1. The van der Waals surface area contributed by atoms with Gasteiger partial charge in [0, 0.05) is 11.4 Å². The van der Waals surface area contributed by atoms with Crippen molar-refractivity contribution in [3.8, 4) is 0 Å². The van der Waals surface area contributed by atoms with Gasteiger partial charge < -0.3 is 11.5 Å². The molecule has 0 rings (SSSR count). The van der Waals surface area contributed by atoms with Crippen LogP contribution in [-0.2, 0) is 0 Å². The summed E-state index contributed by atoms with van der Waals surface area (Å²) in [5, 5.41) is 0.912. The van der Waals surface area contributed by atoms with Gasteiger partial charge >= 0.3 is 0 Å². The van der Waals surface area contributed by atoms with Crippen molar-refractivity contribution < 1.29 is 0 Å². The average Bonchev–Trinajstić information content (AvgIpc) is 1.98. The summed E-state index contributed by atoms with van der Waals surface area (Å²) < 4.78 is 0. The summed E-state index contributed by atoms with van der Waals surface area (Å²) in [6.45, 7) is 0.809. The van der Waals surface area contributed by atoms with E-state index < -0.39 is 0 Å². The molecular formula is C7H17BrN2. The molecule has 1 unspecified atom stereocenters. The monoisotopic (exact) mass is 208 g/mol. The fourth-order valence-electron chi connectivity index (χ4n) is 0.805. The van der Waals surface area contributed by atoms with Crippen LogP contribution in [0.5, 0.6) is 0 Å². The van der Waals surface area contributed by atoms with Crippen LogP contribution in [0.4, 0.5) is 0 Å². The van der Waals surface area contributed by atoms with Crippen LogP contribution < -0.4 is 11.5 Å². The van der Waals surface area contributed by atoms with Crippen molar-refractivity contribution in [2.45, 2.75) is 31.7 Å². The molecule has 0 aromatic rings. The maximum absolute atomic E-state index is 5.68. The Balaban J connectivity index is 2.89. The lowest BCUT2D eigenvalue weighted by Crippen LogP contribution is -2.21. The smallest absolute Gasteiger partial charge is 0.0183 e. The van der Waals surface area contributed by atoms with Gasteiger partial charge in [0.05, 0.1) is 0 Å². The molecule has 0 aromatic heterocycles. The van der Waals surface area contributed by atoms with E-state index in [9.17, 15) is 0 Å². The Kier molecular flexibility index (Phi) is 7.81. The SMILES string of the molecule is NCCCCCC(N)CBr. The van der Waals surface area contributed by atoms with Crippen LogP contribution in [0.25, 0.3) is 0 Å². The molecule has 0 aliphatic heterocycles. The second kappa shape index (κ2) is 7.51. The molecule has 0 fully saturated rings. The highest BCUT2D eigenvalue weighted by atomic mass is 79.9. The van der Waals surface area contributed by atoms with Crippen molar-refractivity contribution in [3.05, 3.63) is 0 Å². The third-order valence-electron chi connectivity index (χ3n) is 1.48. The minimum absolute atomic E-state index is 0.331. The first-order valence-electron chi connectivity index (χ1n) is 3.83. The molecule has 1 atom stereocenters. The zero-order valence-electron chi connectivity index (χ0n) is 6.35. The summed E-state index contributed by atoms with van der Waals surface area (Å²) >= 11 is 3.33. The molecule has 10 heavy (non-hydrogen) atoms. The highest BCUT2D eigenvalue weighted by Crippen LogP contribution is 2.02. The van der Waals surface area contributed by atoms with Gasteiger partial charge in [0.15, 0.2) is 0 Å². The van der Waals surface area contributed by atoms with E-state index in [2.05, 4.69) is 15.9 Å². The van der Waals surface area contributed by atoms with Gasteiger partial charge in [-0.2, -0.15) is 0 Å². The van der Waals surface area contributed by atoms with Crippen molar-refractivity contribution in [2.24, 2.45) is 11.5 Å². The summed E-state index contributed by atoms with van der Waals surface area (Å²) in [4.78, 5) is 0. The lowest BCUT2D eigenvalue weighted by Gasteiger charge is -2.05. The van der Waals surface area contributed by atoms with E-state index in [1.807, 2.05) is 0 Å². The molecule has 0 aliphatic rings. The second-order valence-electron chi connectivity index (χ2n) is 2.55. The van der Waals surface area contributed by atoms with Gasteiger partial charge in [-0.1, -0.05) is 28.8 Å². The van der Waals surface area contributed by atoms with E-state index in [4.69, 9.17) is 11.5 Å². The number of hydrogen-bond acceptors (Lipinski definition) is 2. The molecule has 0 radical (unpaired) electrons. The summed E-state index contributed by atoms with van der Waals surface area (Å²) in [7, 11) is 0. The number of hydrogen-bond donors (Lipinski definition) is 2. The Morgan fingerprint density at radius 1 is 1.20 bits per heavy atom. The van der Waals surface area contributed by atoms with E-state index in [1.165, 1.54) is 12.8 Å². The van der Waals surface area contributed by atoms with Crippen LogP contribution >= 0.6 is 15.9 Å². The average molecular weight is 209 g/mol. The van der Waals surface area contributed by atoms with Crippen molar-refractivity contribution in [2.75, 3.05) is 11.9 Å². The molecule has 0 spiro atoms. The van der Waals surface area contributed by atoms with Gasteiger partial charge in [0.2, 0.25) is 0 Å². The van der Waals surface area contributed by atoms with Gasteiger partial charge in [0.25, 0.3) is 0 Å². The van der Waals surface area contributed by atoms with E-state index in [0.29, 0.717) is 6.04 Å². The Morgan fingerprint density at radius 3 is 2.40 bits per heavy atom.